The van der Waals surface area contributed by atoms with Crippen molar-refractivity contribution < 1.29 is 17.6 Å². The number of hydrogen-bond donors (Lipinski definition) is 0. The number of allylic oxidation sites excluding steroid dienone is 2. The molecule has 2 aromatic carbocycles. The molecule has 1 fully saturated rings. The van der Waals surface area contributed by atoms with Gasteiger partial charge in [-0.2, -0.15) is 0 Å². The third-order valence-corrected chi connectivity index (χ3v) is 6.96. The van der Waals surface area contributed by atoms with E-state index in [1.807, 2.05) is 6.08 Å². The van der Waals surface area contributed by atoms with Gasteiger partial charge < -0.3 is 0 Å². The Morgan fingerprint density at radius 3 is 1.83 bits per heavy atom. The average molecular weight is 417 g/mol. The van der Waals surface area contributed by atoms with Crippen molar-refractivity contribution in [3.63, 3.8) is 0 Å². The van der Waals surface area contributed by atoms with Gasteiger partial charge in [0.15, 0.2) is 23.3 Å². The normalized spacial score (nSPS) is 24.6. The van der Waals surface area contributed by atoms with Gasteiger partial charge in [-0.05, 0) is 61.0 Å². The first kappa shape index (κ1) is 21.1. The van der Waals surface area contributed by atoms with Gasteiger partial charge in [0.1, 0.15) is 0 Å². The molecule has 30 heavy (non-hydrogen) atoms. The molecule has 2 aliphatic rings. The average Bonchev–Trinajstić information content (AvgIpc) is 2.74. The summed E-state index contributed by atoms with van der Waals surface area (Å²) >= 11 is 0. The van der Waals surface area contributed by atoms with Gasteiger partial charge in [-0.1, -0.05) is 57.0 Å². The SMILES string of the molecule is CC1CC=C(c2ccc(-c3ccc(C4CCC(C)CC4)c(F)c3F)c(F)c2F)CC1. The molecular weight excluding hydrogens is 388 g/mol. The van der Waals surface area contributed by atoms with Crippen molar-refractivity contribution in [3.8, 4) is 11.1 Å². The lowest BCUT2D eigenvalue weighted by molar-refractivity contribution is 0.339. The van der Waals surface area contributed by atoms with Gasteiger partial charge in [-0.25, -0.2) is 17.6 Å². The van der Waals surface area contributed by atoms with Crippen molar-refractivity contribution in [2.24, 2.45) is 11.8 Å². The maximum atomic E-state index is 14.9. The molecule has 0 saturated heterocycles. The Morgan fingerprint density at radius 1 is 0.633 bits per heavy atom. The molecular formula is C26H28F4. The fourth-order valence-corrected chi connectivity index (χ4v) is 4.87. The smallest absolute Gasteiger partial charge is 0.167 e. The highest BCUT2D eigenvalue weighted by Crippen LogP contribution is 2.40. The first-order chi connectivity index (χ1) is 14.4. The van der Waals surface area contributed by atoms with Crippen LogP contribution < -0.4 is 0 Å². The molecule has 0 radical (unpaired) electrons. The summed E-state index contributed by atoms with van der Waals surface area (Å²) < 4.78 is 59.5. The van der Waals surface area contributed by atoms with E-state index < -0.39 is 23.3 Å². The fourth-order valence-electron chi connectivity index (χ4n) is 4.87. The molecule has 0 heterocycles. The largest absolute Gasteiger partial charge is 0.203 e. The lowest BCUT2D eigenvalue weighted by Crippen LogP contribution is -2.13. The van der Waals surface area contributed by atoms with E-state index in [0.717, 1.165) is 44.1 Å². The van der Waals surface area contributed by atoms with Crippen LogP contribution in [-0.2, 0) is 0 Å². The Labute approximate surface area is 176 Å². The summed E-state index contributed by atoms with van der Waals surface area (Å²) in [5, 5.41) is 0. The fraction of sp³-hybridized carbons (Fsp3) is 0.462. The Morgan fingerprint density at radius 2 is 1.20 bits per heavy atom. The van der Waals surface area contributed by atoms with E-state index in [2.05, 4.69) is 13.8 Å². The van der Waals surface area contributed by atoms with E-state index in [1.54, 1.807) is 6.07 Å². The van der Waals surface area contributed by atoms with Crippen molar-refractivity contribution in [1.29, 1.82) is 0 Å². The predicted octanol–water partition coefficient (Wildman–Crippen LogP) is 8.41. The van der Waals surface area contributed by atoms with E-state index in [4.69, 9.17) is 0 Å². The molecule has 1 saturated carbocycles. The van der Waals surface area contributed by atoms with E-state index >= 15 is 0 Å². The monoisotopic (exact) mass is 416 g/mol. The minimum absolute atomic E-state index is 0.0191. The van der Waals surface area contributed by atoms with Crippen molar-refractivity contribution in [1.82, 2.24) is 0 Å². The zero-order valence-corrected chi connectivity index (χ0v) is 17.6. The molecule has 0 aliphatic heterocycles. The second-order valence-corrected chi connectivity index (χ2v) is 9.18. The summed E-state index contributed by atoms with van der Waals surface area (Å²) in [5.74, 6) is -3.02. The molecule has 0 amide bonds. The van der Waals surface area contributed by atoms with Crippen LogP contribution in [0.2, 0.25) is 0 Å². The van der Waals surface area contributed by atoms with Gasteiger partial charge in [0.25, 0.3) is 0 Å². The first-order valence-corrected chi connectivity index (χ1v) is 11.0. The van der Waals surface area contributed by atoms with E-state index in [9.17, 15) is 17.6 Å². The maximum absolute atomic E-state index is 14.9. The highest BCUT2D eigenvalue weighted by Gasteiger charge is 2.27. The summed E-state index contributed by atoms with van der Waals surface area (Å²) in [5.41, 5.74) is 0.888. The highest BCUT2D eigenvalue weighted by molar-refractivity contribution is 5.72. The molecule has 0 nitrogen and oxygen atoms in total. The molecule has 1 unspecified atom stereocenters. The van der Waals surface area contributed by atoms with E-state index in [0.29, 0.717) is 23.8 Å². The molecule has 0 N–H and O–H groups in total. The lowest BCUT2D eigenvalue weighted by atomic mass is 9.79. The van der Waals surface area contributed by atoms with E-state index in [1.165, 1.54) is 18.2 Å². The molecule has 0 bridgehead atoms. The lowest BCUT2D eigenvalue weighted by Gasteiger charge is -2.27. The quantitative estimate of drug-likeness (QED) is 0.441. The number of benzene rings is 2. The molecule has 1 atom stereocenters. The van der Waals surface area contributed by atoms with E-state index in [-0.39, 0.29) is 22.6 Å². The Balaban J connectivity index is 1.67. The molecule has 2 aromatic rings. The third-order valence-electron chi connectivity index (χ3n) is 6.96. The van der Waals surface area contributed by atoms with Crippen LogP contribution in [-0.4, -0.2) is 0 Å². The van der Waals surface area contributed by atoms with Gasteiger partial charge in [-0.3, -0.25) is 0 Å². The maximum Gasteiger partial charge on any atom is 0.167 e. The molecule has 2 aliphatic carbocycles. The van der Waals surface area contributed by atoms with Gasteiger partial charge in [0, 0.05) is 16.7 Å². The minimum Gasteiger partial charge on any atom is -0.203 e. The van der Waals surface area contributed by atoms with Gasteiger partial charge in [0.2, 0.25) is 0 Å². The summed E-state index contributed by atoms with van der Waals surface area (Å²) in [6.07, 6.45) is 8.02. The zero-order valence-electron chi connectivity index (χ0n) is 17.6. The standard InChI is InChI=1S/C26H28F4/c1-15-3-7-17(8-4-15)19-11-13-21(25(29)23(19)27)22-14-12-20(24(28)26(22)30)18-9-5-16(2)6-10-18/h7,11-16,18H,3-6,8-10H2,1-2H3. The highest BCUT2D eigenvalue weighted by atomic mass is 19.2. The topological polar surface area (TPSA) is 0 Å². The van der Waals surface area contributed by atoms with Crippen LogP contribution in [0.4, 0.5) is 17.6 Å². The van der Waals surface area contributed by atoms with Crippen LogP contribution in [0.15, 0.2) is 30.3 Å². The summed E-state index contributed by atoms with van der Waals surface area (Å²) in [7, 11) is 0. The zero-order chi connectivity index (χ0) is 21.4. The van der Waals surface area contributed by atoms with Crippen LogP contribution in [0.1, 0.15) is 75.8 Å². The van der Waals surface area contributed by atoms with Crippen LogP contribution in [0.3, 0.4) is 0 Å². The Kier molecular flexibility index (Phi) is 6.04. The van der Waals surface area contributed by atoms with Gasteiger partial charge in [0.05, 0.1) is 0 Å². The van der Waals surface area contributed by atoms with Crippen LogP contribution in [0.5, 0.6) is 0 Å². The minimum atomic E-state index is -1.12. The van der Waals surface area contributed by atoms with Gasteiger partial charge >= 0.3 is 0 Å². The van der Waals surface area contributed by atoms with Crippen LogP contribution >= 0.6 is 0 Å². The third kappa shape index (κ3) is 3.93. The second-order valence-electron chi connectivity index (χ2n) is 9.18. The molecule has 0 spiro atoms. The van der Waals surface area contributed by atoms with Crippen molar-refractivity contribution in [2.45, 2.75) is 64.7 Å². The summed E-state index contributed by atoms with van der Waals surface area (Å²) in [6, 6.07) is 5.80. The Bertz CT molecular complexity index is 967. The first-order valence-electron chi connectivity index (χ1n) is 11.0. The number of rotatable bonds is 3. The van der Waals surface area contributed by atoms with Crippen molar-refractivity contribution in [3.05, 3.63) is 64.7 Å². The Hall–Kier alpha value is -2.10. The van der Waals surface area contributed by atoms with Crippen LogP contribution in [0.25, 0.3) is 16.7 Å². The molecule has 4 heteroatoms. The summed E-state index contributed by atoms with van der Waals surface area (Å²) in [4.78, 5) is 0. The molecule has 4 rings (SSSR count). The second kappa shape index (κ2) is 8.56. The van der Waals surface area contributed by atoms with Crippen LogP contribution in [0, 0.1) is 35.1 Å². The van der Waals surface area contributed by atoms with Crippen molar-refractivity contribution >= 4 is 5.57 Å². The number of halogens is 4. The predicted molar refractivity (Wildman–Crippen MR) is 113 cm³/mol. The van der Waals surface area contributed by atoms with Gasteiger partial charge in [-0.15, -0.1) is 0 Å². The molecule has 0 aromatic heterocycles. The van der Waals surface area contributed by atoms with Crippen molar-refractivity contribution in [2.75, 3.05) is 0 Å². The number of hydrogen-bond acceptors (Lipinski definition) is 0. The molecule has 160 valence electrons. The summed E-state index contributed by atoms with van der Waals surface area (Å²) in [6.45, 7) is 4.30.